The SMILES string of the molecule is O=C(c1nn2c(c1Cl)N[C@H](c1ccc(F)cc1)C[C@H]2C(F)(F)F)N1CCN(Cc2ccccc2)CC1. The number of halogens is 5. The highest BCUT2D eigenvalue weighted by Crippen LogP contribution is 2.46. The number of aromatic nitrogens is 2. The fourth-order valence-electron chi connectivity index (χ4n) is 4.74. The van der Waals surface area contributed by atoms with E-state index in [2.05, 4.69) is 15.3 Å². The number of anilines is 1. The van der Waals surface area contributed by atoms with Gasteiger partial charge in [0, 0.05) is 39.1 Å². The van der Waals surface area contributed by atoms with Crippen LogP contribution in [0.15, 0.2) is 54.6 Å². The monoisotopic (exact) mass is 521 g/mol. The Bertz CT molecular complexity index is 1220. The smallest absolute Gasteiger partial charge is 0.362 e. The van der Waals surface area contributed by atoms with E-state index in [1.54, 1.807) is 4.90 Å². The third-order valence-corrected chi connectivity index (χ3v) is 7.04. The molecule has 6 nitrogen and oxygen atoms in total. The molecule has 0 saturated carbocycles. The number of fused-ring (bicyclic) bond motifs is 1. The van der Waals surface area contributed by atoms with Crippen molar-refractivity contribution in [3.63, 3.8) is 0 Å². The number of rotatable bonds is 4. The molecular formula is C25H24ClF4N5O. The van der Waals surface area contributed by atoms with Crippen LogP contribution in [0.2, 0.25) is 5.02 Å². The minimum Gasteiger partial charge on any atom is -0.362 e. The van der Waals surface area contributed by atoms with Crippen molar-refractivity contribution in [3.05, 3.63) is 82.3 Å². The van der Waals surface area contributed by atoms with E-state index in [4.69, 9.17) is 11.6 Å². The van der Waals surface area contributed by atoms with Crippen molar-refractivity contribution in [3.8, 4) is 0 Å². The Hall–Kier alpha value is -3.11. The lowest BCUT2D eigenvalue weighted by atomic mass is 9.97. The third-order valence-electron chi connectivity index (χ3n) is 6.68. The van der Waals surface area contributed by atoms with Crippen molar-refractivity contribution >= 4 is 23.3 Å². The average Bonchev–Trinajstić information content (AvgIpc) is 3.20. The molecule has 1 saturated heterocycles. The molecule has 0 spiro atoms. The molecule has 0 unspecified atom stereocenters. The fraction of sp³-hybridized carbons (Fsp3) is 0.360. The molecule has 1 N–H and O–H groups in total. The topological polar surface area (TPSA) is 53.4 Å². The molecule has 190 valence electrons. The summed E-state index contributed by atoms with van der Waals surface area (Å²) in [5.74, 6) is -1.05. The lowest BCUT2D eigenvalue weighted by Gasteiger charge is -2.34. The van der Waals surface area contributed by atoms with Gasteiger partial charge in [0.2, 0.25) is 0 Å². The summed E-state index contributed by atoms with van der Waals surface area (Å²) in [5, 5.41) is 6.88. The van der Waals surface area contributed by atoms with Crippen molar-refractivity contribution in [2.45, 2.75) is 31.2 Å². The molecule has 0 bridgehead atoms. The van der Waals surface area contributed by atoms with Gasteiger partial charge in [-0.3, -0.25) is 9.69 Å². The second kappa shape index (κ2) is 9.74. The van der Waals surface area contributed by atoms with Crippen LogP contribution >= 0.6 is 11.6 Å². The van der Waals surface area contributed by atoms with Crippen LogP contribution in [0.4, 0.5) is 23.4 Å². The van der Waals surface area contributed by atoms with E-state index in [-0.39, 0.29) is 23.0 Å². The van der Waals surface area contributed by atoms with E-state index in [9.17, 15) is 22.4 Å². The maximum atomic E-state index is 14.0. The molecule has 36 heavy (non-hydrogen) atoms. The van der Waals surface area contributed by atoms with Gasteiger partial charge in [0.05, 0.1) is 6.04 Å². The molecule has 0 radical (unpaired) electrons. The second-order valence-electron chi connectivity index (χ2n) is 9.05. The number of carbonyl (C=O) groups excluding carboxylic acids is 1. The van der Waals surface area contributed by atoms with Gasteiger partial charge in [0.1, 0.15) is 16.7 Å². The first kappa shape index (κ1) is 24.6. The summed E-state index contributed by atoms with van der Waals surface area (Å²) in [4.78, 5) is 17.0. The van der Waals surface area contributed by atoms with Gasteiger partial charge in [0.25, 0.3) is 5.91 Å². The standard InChI is InChI=1S/C25H24ClF4N5O/c26-21-22(24(36)34-12-10-33(11-13-34)15-16-4-2-1-3-5-16)32-35-20(25(28,29)30)14-19(31-23(21)35)17-6-8-18(27)9-7-17/h1-9,19-20,31H,10-15H2/t19-,20-/m0/s1. The highest BCUT2D eigenvalue weighted by atomic mass is 35.5. The number of hydrogen-bond donors (Lipinski definition) is 1. The molecule has 3 heterocycles. The lowest BCUT2D eigenvalue weighted by molar-refractivity contribution is -0.173. The molecule has 5 rings (SSSR count). The van der Waals surface area contributed by atoms with Crippen molar-refractivity contribution in [2.75, 3.05) is 31.5 Å². The number of amides is 1. The summed E-state index contributed by atoms with van der Waals surface area (Å²) < 4.78 is 56.1. The Kier molecular flexibility index (Phi) is 6.65. The maximum Gasteiger partial charge on any atom is 0.410 e. The van der Waals surface area contributed by atoms with Crippen LogP contribution < -0.4 is 5.32 Å². The predicted molar refractivity (Wildman–Crippen MR) is 127 cm³/mol. The number of alkyl halides is 3. The summed E-state index contributed by atoms with van der Waals surface area (Å²) in [7, 11) is 0. The molecule has 1 amide bonds. The Labute approximate surface area is 210 Å². The maximum absolute atomic E-state index is 14.0. The Morgan fingerprint density at radius 1 is 1.03 bits per heavy atom. The number of nitrogens with zero attached hydrogens (tertiary/aromatic N) is 4. The van der Waals surface area contributed by atoms with E-state index < -0.39 is 30.0 Å². The van der Waals surface area contributed by atoms with Crippen LogP contribution in [-0.2, 0) is 6.54 Å². The van der Waals surface area contributed by atoms with Crippen molar-refractivity contribution < 1.29 is 22.4 Å². The largest absolute Gasteiger partial charge is 0.410 e. The molecule has 0 aliphatic carbocycles. The van der Waals surface area contributed by atoms with Gasteiger partial charge in [-0.1, -0.05) is 54.1 Å². The molecule has 11 heteroatoms. The van der Waals surface area contributed by atoms with Crippen LogP contribution in [0, 0.1) is 5.82 Å². The van der Waals surface area contributed by atoms with E-state index in [1.807, 2.05) is 30.3 Å². The Balaban J connectivity index is 1.35. The number of piperazine rings is 1. The molecule has 1 aromatic heterocycles. The minimum absolute atomic E-state index is 0.0642. The minimum atomic E-state index is -4.62. The average molecular weight is 522 g/mol. The fourth-order valence-corrected chi connectivity index (χ4v) is 5.00. The summed E-state index contributed by atoms with van der Waals surface area (Å²) in [5.41, 5.74) is 1.45. The quantitative estimate of drug-likeness (QED) is 0.474. The number of hydrogen-bond acceptors (Lipinski definition) is 4. The van der Waals surface area contributed by atoms with Gasteiger partial charge in [-0.05, 0) is 23.3 Å². The molecule has 1 fully saturated rings. The van der Waals surface area contributed by atoms with Crippen LogP contribution in [0.25, 0.3) is 0 Å². The summed E-state index contributed by atoms with van der Waals surface area (Å²) in [6.07, 6.45) is -4.99. The Morgan fingerprint density at radius 2 is 1.69 bits per heavy atom. The zero-order chi connectivity index (χ0) is 25.4. The van der Waals surface area contributed by atoms with Gasteiger partial charge < -0.3 is 10.2 Å². The van der Waals surface area contributed by atoms with Crippen LogP contribution in [0.3, 0.4) is 0 Å². The van der Waals surface area contributed by atoms with Gasteiger partial charge >= 0.3 is 6.18 Å². The number of benzene rings is 2. The third kappa shape index (κ3) is 4.92. The molecular weight excluding hydrogens is 498 g/mol. The van der Waals surface area contributed by atoms with E-state index in [0.717, 1.165) is 11.2 Å². The first-order valence-corrected chi connectivity index (χ1v) is 12.0. The van der Waals surface area contributed by atoms with Crippen LogP contribution in [-0.4, -0.2) is 57.8 Å². The van der Waals surface area contributed by atoms with Crippen molar-refractivity contribution in [2.24, 2.45) is 0 Å². The van der Waals surface area contributed by atoms with Crippen LogP contribution in [0.5, 0.6) is 0 Å². The van der Waals surface area contributed by atoms with Crippen LogP contribution in [0.1, 0.15) is 40.1 Å². The summed E-state index contributed by atoms with van der Waals surface area (Å²) in [6.45, 7) is 2.84. The summed E-state index contributed by atoms with van der Waals surface area (Å²) >= 11 is 6.45. The number of carbonyl (C=O) groups is 1. The molecule has 2 aliphatic rings. The lowest BCUT2D eigenvalue weighted by Crippen LogP contribution is -2.48. The zero-order valence-corrected chi connectivity index (χ0v) is 19.9. The summed E-state index contributed by atoms with van der Waals surface area (Å²) in [6, 6.07) is 12.5. The van der Waals surface area contributed by atoms with Gasteiger partial charge in [-0.15, -0.1) is 0 Å². The highest BCUT2D eigenvalue weighted by Gasteiger charge is 2.48. The number of nitrogens with one attached hydrogen (secondary N) is 1. The molecule has 2 aromatic carbocycles. The van der Waals surface area contributed by atoms with Crippen molar-refractivity contribution in [1.82, 2.24) is 19.6 Å². The molecule has 3 aromatic rings. The molecule has 2 atom stereocenters. The van der Waals surface area contributed by atoms with Gasteiger partial charge in [-0.2, -0.15) is 18.3 Å². The first-order chi connectivity index (χ1) is 17.2. The van der Waals surface area contributed by atoms with E-state index in [1.165, 1.54) is 29.8 Å². The zero-order valence-electron chi connectivity index (χ0n) is 19.2. The van der Waals surface area contributed by atoms with Gasteiger partial charge in [0.15, 0.2) is 11.7 Å². The Morgan fingerprint density at radius 3 is 2.33 bits per heavy atom. The van der Waals surface area contributed by atoms with Crippen molar-refractivity contribution in [1.29, 1.82) is 0 Å². The second-order valence-corrected chi connectivity index (χ2v) is 9.43. The predicted octanol–water partition coefficient (Wildman–Crippen LogP) is 5.29. The van der Waals surface area contributed by atoms with E-state index in [0.29, 0.717) is 31.7 Å². The first-order valence-electron chi connectivity index (χ1n) is 11.6. The highest BCUT2D eigenvalue weighted by molar-refractivity contribution is 6.36. The normalized spacial score (nSPS) is 20.6. The van der Waals surface area contributed by atoms with E-state index >= 15 is 0 Å². The molecule has 2 aliphatic heterocycles. The van der Waals surface area contributed by atoms with Gasteiger partial charge in [-0.25, -0.2) is 9.07 Å².